The van der Waals surface area contributed by atoms with Crippen LogP contribution in [0.25, 0.3) is 16.8 Å². The summed E-state index contributed by atoms with van der Waals surface area (Å²) in [5.74, 6) is 0.213. The number of carbonyl (C=O) groups excluding carboxylic acids is 1. The average Bonchev–Trinajstić information content (AvgIpc) is 3.07. The van der Waals surface area contributed by atoms with E-state index in [-0.39, 0.29) is 11.6 Å². The normalized spacial score (nSPS) is 10.9. The molecule has 2 heterocycles. The van der Waals surface area contributed by atoms with E-state index in [1.807, 2.05) is 50.2 Å². The number of benzene rings is 2. The Morgan fingerprint density at radius 1 is 1.13 bits per heavy atom. The lowest BCUT2D eigenvalue weighted by atomic mass is 10.1. The number of nitrogens with one attached hydrogen (secondary N) is 1. The molecule has 30 heavy (non-hydrogen) atoms. The van der Waals surface area contributed by atoms with Crippen LogP contribution < -0.4 is 10.1 Å². The number of aryl methyl sites for hydroxylation is 2. The zero-order chi connectivity index (χ0) is 21.3. The Kier molecular flexibility index (Phi) is 5.37. The fourth-order valence-electron chi connectivity index (χ4n) is 3.34. The number of nitrogens with zero attached hydrogens (tertiary/aromatic N) is 4. The van der Waals surface area contributed by atoms with Crippen LogP contribution >= 0.6 is 11.6 Å². The highest BCUT2D eigenvalue weighted by molar-refractivity contribution is 6.30. The highest BCUT2D eigenvalue weighted by atomic mass is 35.5. The van der Waals surface area contributed by atoms with Gasteiger partial charge in [-0.2, -0.15) is 5.10 Å². The smallest absolute Gasteiger partial charge is 0.278 e. The average molecular weight is 422 g/mol. The SMILES string of the molecule is CCOc1ccccc1NC(=O)c1nnc2c(-c3cccc(Cl)c3)c(C)nn2c1C. The van der Waals surface area contributed by atoms with Crippen molar-refractivity contribution in [3.05, 3.63) is 70.6 Å². The minimum absolute atomic E-state index is 0.189. The third-order valence-electron chi connectivity index (χ3n) is 4.70. The van der Waals surface area contributed by atoms with Crippen LogP contribution in [-0.4, -0.2) is 32.3 Å². The minimum atomic E-state index is -0.383. The van der Waals surface area contributed by atoms with Gasteiger partial charge in [-0.15, -0.1) is 10.2 Å². The van der Waals surface area contributed by atoms with Crippen molar-refractivity contribution < 1.29 is 9.53 Å². The van der Waals surface area contributed by atoms with Gasteiger partial charge in [-0.1, -0.05) is 35.9 Å². The quantitative estimate of drug-likeness (QED) is 0.504. The van der Waals surface area contributed by atoms with Crippen LogP contribution in [0, 0.1) is 13.8 Å². The summed E-state index contributed by atoms with van der Waals surface area (Å²) in [4.78, 5) is 12.9. The van der Waals surface area contributed by atoms with E-state index in [2.05, 4.69) is 20.6 Å². The molecule has 0 bridgehead atoms. The molecule has 2 aromatic heterocycles. The van der Waals surface area contributed by atoms with Crippen LogP contribution in [0.3, 0.4) is 0 Å². The Hall–Kier alpha value is -3.45. The molecule has 0 unspecified atom stereocenters. The highest BCUT2D eigenvalue weighted by Crippen LogP contribution is 2.30. The summed E-state index contributed by atoms with van der Waals surface area (Å²) in [5, 5.41) is 16.6. The molecule has 2 aromatic carbocycles. The molecule has 8 heteroatoms. The Bertz CT molecular complexity index is 1250. The van der Waals surface area contributed by atoms with Gasteiger partial charge in [0.1, 0.15) is 5.75 Å². The van der Waals surface area contributed by atoms with Gasteiger partial charge in [-0.05, 0) is 50.6 Å². The van der Waals surface area contributed by atoms with Gasteiger partial charge in [0.15, 0.2) is 11.3 Å². The lowest BCUT2D eigenvalue weighted by Gasteiger charge is -2.12. The molecule has 0 atom stereocenters. The van der Waals surface area contributed by atoms with Crippen molar-refractivity contribution in [1.82, 2.24) is 19.8 Å². The van der Waals surface area contributed by atoms with Crippen molar-refractivity contribution >= 4 is 28.8 Å². The van der Waals surface area contributed by atoms with E-state index in [9.17, 15) is 4.79 Å². The molecular weight excluding hydrogens is 402 g/mol. The van der Waals surface area contributed by atoms with Crippen molar-refractivity contribution in [3.8, 4) is 16.9 Å². The summed E-state index contributed by atoms with van der Waals surface area (Å²) in [5.41, 5.74) is 4.42. The first-order valence-corrected chi connectivity index (χ1v) is 9.89. The third-order valence-corrected chi connectivity index (χ3v) is 4.94. The second-order valence-electron chi connectivity index (χ2n) is 6.72. The topological polar surface area (TPSA) is 81.4 Å². The van der Waals surface area contributed by atoms with Gasteiger partial charge in [-0.3, -0.25) is 4.79 Å². The van der Waals surface area contributed by atoms with Gasteiger partial charge in [0.2, 0.25) is 0 Å². The fraction of sp³-hybridized carbons (Fsp3) is 0.182. The van der Waals surface area contributed by atoms with Crippen molar-refractivity contribution in [2.24, 2.45) is 0 Å². The summed E-state index contributed by atoms with van der Waals surface area (Å²) in [6.45, 7) is 6.07. The van der Waals surface area contributed by atoms with Crippen LogP contribution in [0.5, 0.6) is 5.75 Å². The van der Waals surface area contributed by atoms with Crippen LogP contribution in [0.1, 0.15) is 28.8 Å². The van der Waals surface area contributed by atoms with Gasteiger partial charge in [-0.25, -0.2) is 4.52 Å². The maximum Gasteiger partial charge on any atom is 0.278 e. The van der Waals surface area contributed by atoms with Gasteiger partial charge >= 0.3 is 0 Å². The zero-order valence-corrected chi connectivity index (χ0v) is 17.6. The number of hydrogen-bond acceptors (Lipinski definition) is 5. The van der Waals surface area contributed by atoms with E-state index in [1.165, 1.54) is 0 Å². The first-order valence-electron chi connectivity index (χ1n) is 9.51. The number of hydrogen-bond donors (Lipinski definition) is 1. The van der Waals surface area contributed by atoms with Gasteiger partial charge < -0.3 is 10.1 Å². The number of aromatic nitrogens is 4. The molecule has 0 fully saturated rings. The molecule has 0 radical (unpaired) electrons. The molecule has 0 aliphatic rings. The number of ether oxygens (including phenoxy) is 1. The van der Waals surface area contributed by atoms with E-state index in [0.29, 0.717) is 34.4 Å². The van der Waals surface area contributed by atoms with Gasteiger partial charge in [0, 0.05) is 5.02 Å². The molecule has 0 saturated carbocycles. The number of para-hydroxylation sites is 2. The summed E-state index contributed by atoms with van der Waals surface area (Å²) in [7, 11) is 0. The summed E-state index contributed by atoms with van der Waals surface area (Å²) < 4.78 is 7.21. The number of amides is 1. The molecule has 0 aliphatic heterocycles. The Labute approximate surface area is 178 Å². The van der Waals surface area contributed by atoms with Crippen LogP contribution in [0.15, 0.2) is 48.5 Å². The first kappa shape index (κ1) is 19.8. The van der Waals surface area contributed by atoms with Crippen molar-refractivity contribution in [2.45, 2.75) is 20.8 Å². The largest absolute Gasteiger partial charge is 0.492 e. The minimum Gasteiger partial charge on any atom is -0.492 e. The van der Waals surface area contributed by atoms with E-state index < -0.39 is 0 Å². The van der Waals surface area contributed by atoms with Crippen LogP contribution in [-0.2, 0) is 0 Å². The Morgan fingerprint density at radius 3 is 2.70 bits per heavy atom. The summed E-state index contributed by atoms with van der Waals surface area (Å²) in [6.07, 6.45) is 0. The molecule has 0 aliphatic carbocycles. The number of rotatable bonds is 5. The maximum atomic E-state index is 12.9. The molecule has 4 rings (SSSR count). The van der Waals surface area contributed by atoms with E-state index in [4.69, 9.17) is 16.3 Å². The molecule has 1 amide bonds. The van der Waals surface area contributed by atoms with Crippen LogP contribution in [0.4, 0.5) is 5.69 Å². The summed E-state index contributed by atoms with van der Waals surface area (Å²) >= 11 is 6.15. The predicted molar refractivity (Wildman–Crippen MR) is 116 cm³/mol. The molecule has 0 saturated heterocycles. The lowest BCUT2D eigenvalue weighted by Crippen LogP contribution is -2.19. The summed E-state index contributed by atoms with van der Waals surface area (Å²) in [6, 6.07) is 14.7. The molecular formula is C22H20ClN5O2. The number of fused-ring (bicyclic) bond motifs is 1. The third kappa shape index (κ3) is 3.59. The van der Waals surface area contributed by atoms with E-state index in [0.717, 1.165) is 16.8 Å². The fourth-order valence-corrected chi connectivity index (χ4v) is 3.53. The molecule has 4 aromatic rings. The van der Waals surface area contributed by atoms with Gasteiger partial charge in [0.25, 0.3) is 5.91 Å². The highest BCUT2D eigenvalue weighted by Gasteiger charge is 2.21. The van der Waals surface area contributed by atoms with Crippen molar-refractivity contribution in [1.29, 1.82) is 0 Å². The van der Waals surface area contributed by atoms with Gasteiger partial charge in [0.05, 0.1) is 29.2 Å². The molecule has 152 valence electrons. The maximum absolute atomic E-state index is 12.9. The lowest BCUT2D eigenvalue weighted by molar-refractivity contribution is 0.101. The predicted octanol–water partition coefficient (Wildman–Crippen LogP) is 4.71. The monoisotopic (exact) mass is 421 g/mol. The Morgan fingerprint density at radius 2 is 1.93 bits per heavy atom. The molecule has 0 spiro atoms. The van der Waals surface area contributed by atoms with E-state index in [1.54, 1.807) is 23.6 Å². The second-order valence-corrected chi connectivity index (χ2v) is 7.16. The molecule has 1 N–H and O–H groups in total. The standard InChI is InChI=1S/C22H20ClN5O2/c1-4-30-18-11-6-5-10-17(18)24-22(29)20-14(3)28-21(26-25-20)19(13(2)27-28)15-8-7-9-16(23)12-15/h5-12H,4H2,1-3H3,(H,24,29). The Balaban J connectivity index is 1.74. The first-order chi connectivity index (χ1) is 14.5. The number of halogens is 1. The zero-order valence-electron chi connectivity index (χ0n) is 16.8. The van der Waals surface area contributed by atoms with Crippen molar-refractivity contribution in [3.63, 3.8) is 0 Å². The second kappa shape index (κ2) is 8.12. The van der Waals surface area contributed by atoms with Crippen molar-refractivity contribution in [2.75, 3.05) is 11.9 Å². The number of anilines is 1. The number of carbonyl (C=O) groups is 1. The van der Waals surface area contributed by atoms with Crippen LogP contribution in [0.2, 0.25) is 5.02 Å². The van der Waals surface area contributed by atoms with E-state index >= 15 is 0 Å². The molecule has 7 nitrogen and oxygen atoms in total.